The van der Waals surface area contributed by atoms with Gasteiger partial charge in [-0.25, -0.2) is 0 Å². The summed E-state index contributed by atoms with van der Waals surface area (Å²) in [4.78, 5) is 11.1. The van der Waals surface area contributed by atoms with Crippen molar-refractivity contribution in [3.8, 4) is 0 Å². The third-order valence-corrected chi connectivity index (χ3v) is 2.91. The molecule has 64 valence electrons. The van der Waals surface area contributed by atoms with E-state index in [0.717, 1.165) is 0 Å². The molecule has 11 heavy (non-hydrogen) atoms. The van der Waals surface area contributed by atoms with Crippen molar-refractivity contribution in [1.29, 1.82) is 0 Å². The van der Waals surface area contributed by atoms with E-state index in [1.807, 2.05) is 0 Å². The van der Waals surface area contributed by atoms with Crippen molar-refractivity contribution >= 4 is 5.78 Å². The van der Waals surface area contributed by atoms with E-state index in [-0.39, 0.29) is 11.2 Å². The Hall–Kier alpha value is -0.370. The van der Waals surface area contributed by atoms with Gasteiger partial charge in [0.1, 0.15) is 6.10 Å². The van der Waals surface area contributed by atoms with Gasteiger partial charge in [-0.3, -0.25) is 4.79 Å². The molecule has 0 saturated heterocycles. The number of rotatable bonds is 0. The van der Waals surface area contributed by atoms with Crippen LogP contribution in [0, 0.1) is 11.3 Å². The Labute approximate surface area is 67.6 Å². The molecular weight excluding hydrogens is 140 g/mol. The van der Waals surface area contributed by atoms with Crippen LogP contribution in [-0.4, -0.2) is 17.0 Å². The summed E-state index contributed by atoms with van der Waals surface area (Å²) in [6.45, 7) is 6.26. The molecule has 0 amide bonds. The van der Waals surface area contributed by atoms with E-state index in [1.165, 1.54) is 0 Å². The Morgan fingerprint density at radius 2 is 2.09 bits per heavy atom. The number of Topliss-reactive ketones (excluding diaryl/α,β-unsaturated/α-hetero) is 1. The molecule has 0 heterocycles. The van der Waals surface area contributed by atoms with Crippen molar-refractivity contribution in [3.63, 3.8) is 0 Å². The number of carbonyl (C=O) groups is 1. The molecule has 0 bridgehead atoms. The number of ketones is 1. The molecule has 0 radical (unpaired) electrons. The van der Waals surface area contributed by atoms with Crippen LogP contribution in [0.3, 0.4) is 0 Å². The Balaban J connectivity index is 2.70. The minimum Gasteiger partial charge on any atom is -0.385 e. The lowest BCUT2D eigenvalue weighted by Gasteiger charge is -2.37. The van der Waals surface area contributed by atoms with E-state index >= 15 is 0 Å². The maximum atomic E-state index is 11.1. The first-order valence-corrected chi connectivity index (χ1v) is 4.14. The maximum Gasteiger partial charge on any atom is 0.161 e. The Bertz CT molecular complexity index is 172. The molecule has 1 rings (SSSR count). The van der Waals surface area contributed by atoms with Gasteiger partial charge in [0.2, 0.25) is 0 Å². The highest BCUT2D eigenvalue weighted by Crippen LogP contribution is 2.38. The summed E-state index contributed by atoms with van der Waals surface area (Å²) in [5.74, 6) is 0.448. The van der Waals surface area contributed by atoms with Crippen LogP contribution in [0.25, 0.3) is 0 Å². The molecule has 0 aliphatic heterocycles. The van der Waals surface area contributed by atoms with Gasteiger partial charge in [0.15, 0.2) is 5.78 Å². The van der Waals surface area contributed by atoms with Crippen molar-refractivity contribution in [2.75, 3.05) is 0 Å². The van der Waals surface area contributed by atoms with Crippen LogP contribution in [0.1, 0.15) is 33.6 Å². The molecule has 2 atom stereocenters. The van der Waals surface area contributed by atoms with Gasteiger partial charge in [-0.15, -0.1) is 0 Å². The van der Waals surface area contributed by atoms with Crippen LogP contribution in [0.4, 0.5) is 0 Å². The van der Waals surface area contributed by atoms with Gasteiger partial charge in [-0.2, -0.15) is 0 Å². The lowest BCUT2D eigenvalue weighted by molar-refractivity contribution is -0.135. The third kappa shape index (κ3) is 1.62. The number of hydrogen-bond donors (Lipinski definition) is 1. The summed E-state index contributed by atoms with van der Waals surface area (Å²) in [5.41, 5.74) is 0.0797. The second-order valence-corrected chi connectivity index (χ2v) is 4.28. The number of hydrogen-bond acceptors (Lipinski definition) is 2. The van der Waals surface area contributed by atoms with E-state index in [4.69, 9.17) is 0 Å². The third-order valence-electron chi connectivity index (χ3n) is 2.91. The summed E-state index contributed by atoms with van der Waals surface area (Å²) in [6, 6.07) is 0. The molecule has 1 aliphatic rings. The van der Waals surface area contributed by atoms with Gasteiger partial charge in [0, 0.05) is 6.42 Å². The minimum atomic E-state index is -0.696. The van der Waals surface area contributed by atoms with Gasteiger partial charge < -0.3 is 5.11 Å². The predicted octanol–water partition coefficient (Wildman–Crippen LogP) is 1.37. The van der Waals surface area contributed by atoms with Crippen LogP contribution < -0.4 is 0 Å². The van der Waals surface area contributed by atoms with E-state index in [2.05, 4.69) is 20.8 Å². The average molecular weight is 156 g/mol. The van der Waals surface area contributed by atoms with E-state index in [0.29, 0.717) is 18.8 Å². The lowest BCUT2D eigenvalue weighted by atomic mass is 9.68. The van der Waals surface area contributed by atoms with Gasteiger partial charge in [-0.05, 0) is 17.8 Å². The fourth-order valence-corrected chi connectivity index (χ4v) is 1.53. The Morgan fingerprint density at radius 1 is 1.55 bits per heavy atom. The second kappa shape index (κ2) is 2.59. The summed E-state index contributed by atoms with van der Waals surface area (Å²) in [6.07, 6.45) is 0.458. The van der Waals surface area contributed by atoms with Gasteiger partial charge in [0.25, 0.3) is 0 Å². The highest BCUT2D eigenvalue weighted by molar-refractivity contribution is 5.84. The van der Waals surface area contributed by atoms with Crippen molar-refractivity contribution in [1.82, 2.24) is 0 Å². The number of aliphatic hydroxyl groups is 1. The topological polar surface area (TPSA) is 37.3 Å². The first kappa shape index (κ1) is 8.72. The predicted molar refractivity (Wildman–Crippen MR) is 43.2 cm³/mol. The van der Waals surface area contributed by atoms with Crippen molar-refractivity contribution in [2.24, 2.45) is 11.3 Å². The van der Waals surface area contributed by atoms with Crippen LogP contribution >= 0.6 is 0 Å². The second-order valence-electron chi connectivity index (χ2n) is 4.28. The normalized spacial score (nSPS) is 37.3. The molecule has 0 aromatic heterocycles. The zero-order valence-electron chi connectivity index (χ0n) is 7.42. The lowest BCUT2D eigenvalue weighted by Crippen LogP contribution is -2.39. The zero-order chi connectivity index (χ0) is 8.65. The monoisotopic (exact) mass is 156 g/mol. The summed E-state index contributed by atoms with van der Waals surface area (Å²) in [5, 5.41) is 9.23. The van der Waals surface area contributed by atoms with E-state index in [9.17, 15) is 9.90 Å². The largest absolute Gasteiger partial charge is 0.385 e. The smallest absolute Gasteiger partial charge is 0.161 e. The highest BCUT2D eigenvalue weighted by atomic mass is 16.3. The van der Waals surface area contributed by atoms with Gasteiger partial charge >= 0.3 is 0 Å². The molecule has 0 spiro atoms. The van der Waals surface area contributed by atoms with Gasteiger partial charge in [-0.1, -0.05) is 20.8 Å². The standard InChI is InChI=1S/C9H16O2/c1-6-4-7(10)8(11)5-9(6,2)3/h6-7,10H,4-5H2,1-3H3/t6-,7?/m0/s1. The molecule has 2 nitrogen and oxygen atoms in total. The number of aliphatic hydroxyl groups excluding tert-OH is 1. The van der Waals surface area contributed by atoms with Crippen molar-refractivity contribution in [2.45, 2.75) is 39.7 Å². The van der Waals surface area contributed by atoms with Crippen molar-refractivity contribution in [3.05, 3.63) is 0 Å². The number of carbonyl (C=O) groups excluding carboxylic acids is 1. The molecule has 1 fully saturated rings. The molecule has 1 unspecified atom stereocenters. The fraction of sp³-hybridized carbons (Fsp3) is 0.889. The maximum absolute atomic E-state index is 11.1. The molecule has 0 aromatic rings. The van der Waals surface area contributed by atoms with Gasteiger partial charge in [0.05, 0.1) is 0 Å². The van der Waals surface area contributed by atoms with E-state index < -0.39 is 6.10 Å². The first-order valence-electron chi connectivity index (χ1n) is 4.14. The summed E-state index contributed by atoms with van der Waals surface area (Å²) in [7, 11) is 0. The van der Waals surface area contributed by atoms with Crippen LogP contribution in [0.2, 0.25) is 0 Å². The Kier molecular flexibility index (Phi) is 2.06. The van der Waals surface area contributed by atoms with Crippen LogP contribution in [0.15, 0.2) is 0 Å². The fourth-order valence-electron chi connectivity index (χ4n) is 1.53. The molecular formula is C9H16O2. The molecule has 1 aliphatic carbocycles. The molecule has 1 N–H and O–H groups in total. The summed E-state index contributed by atoms with van der Waals surface area (Å²) >= 11 is 0. The minimum absolute atomic E-state index is 0.00750. The first-order chi connectivity index (χ1) is 4.93. The molecule has 0 aromatic carbocycles. The summed E-state index contributed by atoms with van der Waals surface area (Å²) < 4.78 is 0. The van der Waals surface area contributed by atoms with Crippen molar-refractivity contribution < 1.29 is 9.90 Å². The van der Waals surface area contributed by atoms with Crippen LogP contribution in [-0.2, 0) is 4.79 Å². The SMILES string of the molecule is C[C@H]1CC(O)C(=O)CC1(C)C. The molecule has 1 saturated carbocycles. The quantitative estimate of drug-likeness (QED) is 0.575. The highest BCUT2D eigenvalue weighted by Gasteiger charge is 2.37. The van der Waals surface area contributed by atoms with E-state index in [1.54, 1.807) is 0 Å². The zero-order valence-corrected chi connectivity index (χ0v) is 7.42. The average Bonchev–Trinajstić information content (AvgIpc) is 1.83. The van der Waals surface area contributed by atoms with Crippen LogP contribution in [0.5, 0.6) is 0 Å². The molecule has 2 heteroatoms. The Morgan fingerprint density at radius 3 is 2.55 bits per heavy atom.